The number of carbonyl (C=O) groups is 3. The van der Waals surface area contributed by atoms with Crippen LogP contribution >= 0.6 is 12.4 Å². The maximum Gasteiger partial charge on any atom is 0.328 e. The molecule has 204 valence electrons. The van der Waals surface area contributed by atoms with Crippen LogP contribution in [0.3, 0.4) is 0 Å². The number of aryl methyl sites for hydroxylation is 1. The third-order valence-corrected chi connectivity index (χ3v) is 6.97. The number of nitrogens with one attached hydrogen (secondary N) is 2. The minimum atomic E-state index is -0.598. The number of rotatable bonds is 15. The predicted octanol–water partition coefficient (Wildman–Crippen LogP) is 4.70. The number of hydrogen-bond acceptors (Lipinski definition) is 5. The highest BCUT2D eigenvalue weighted by atomic mass is 35.5. The van der Waals surface area contributed by atoms with E-state index in [9.17, 15) is 14.4 Å². The van der Waals surface area contributed by atoms with Crippen LogP contribution in [0.25, 0.3) is 0 Å². The third-order valence-electron chi connectivity index (χ3n) is 6.97. The van der Waals surface area contributed by atoms with Crippen LogP contribution < -0.4 is 16.4 Å². The van der Waals surface area contributed by atoms with Crippen LogP contribution in [0.4, 0.5) is 0 Å². The number of methoxy groups -OCH3 is 1. The topological polar surface area (TPSA) is 111 Å². The van der Waals surface area contributed by atoms with Crippen LogP contribution in [0.15, 0.2) is 24.3 Å². The Hall–Kier alpha value is -2.12. The maximum atomic E-state index is 12.7. The van der Waals surface area contributed by atoms with Crippen molar-refractivity contribution in [2.24, 2.45) is 11.7 Å². The fourth-order valence-corrected chi connectivity index (χ4v) is 4.78. The summed E-state index contributed by atoms with van der Waals surface area (Å²) in [4.78, 5) is 37.2. The summed E-state index contributed by atoms with van der Waals surface area (Å²) in [7, 11) is 1.36. The monoisotopic (exact) mass is 523 g/mol. The molecule has 1 saturated carbocycles. The van der Waals surface area contributed by atoms with Gasteiger partial charge in [0.2, 0.25) is 5.91 Å². The molecule has 4 N–H and O–H groups in total. The van der Waals surface area contributed by atoms with Gasteiger partial charge in [0.05, 0.1) is 7.11 Å². The first kappa shape index (κ1) is 31.9. The van der Waals surface area contributed by atoms with E-state index in [1.807, 2.05) is 24.3 Å². The summed E-state index contributed by atoms with van der Waals surface area (Å²) >= 11 is 0. The summed E-state index contributed by atoms with van der Waals surface area (Å²) < 4.78 is 4.93. The van der Waals surface area contributed by atoms with Gasteiger partial charge in [-0.2, -0.15) is 0 Å². The Morgan fingerprint density at radius 2 is 1.69 bits per heavy atom. The number of esters is 1. The van der Waals surface area contributed by atoms with Gasteiger partial charge in [-0.05, 0) is 87.9 Å². The van der Waals surface area contributed by atoms with Crippen molar-refractivity contribution in [2.75, 3.05) is 13.7 Å². The van der Waals surface area contributed by atoms with Gasteiger partial charge in [0.25, 0.3) is 5.91 Å². The van der Waals surface area contributed by atoms with Gasteiger partial charge in [-0.25, -0.2) is 4.79 Å². The quantitative estimate of drug-likeness (QED) is 0.228. The van der Waals surface area contributed by atoms with Crippen LogP contribution in [-0.2, 0) is 20.7 Å². The van der Waals surface area contributed by atoms with Crippen LogP contribution in [-0.4, -0.2) is 43.5 Å². The summed E-state index contributed by atoms with van der Waals surface area (Å²) in [6.45, 7) is 2.83. The summed E-state index contributed by atoms with van der Waals surface area (Å²) in [5.41, 5.74) is 7.48. The first-order valence-corrected chi connectivity index (χ1v) is 13.4. The molecule has 1 aromatic carbocycles. The average Bonchev–Trinajstić information content (AvgIpc) is 2.87. The Balaban J connectivity index is 0.00000648. The standard InChI is InChI=1S/C28H45N3O4.ClH/c1-3-4-6-10-26(32)31-25(28(34)35-2)20-22-13-17-24(18-14-22)30-27(33)23-15-11-21(12-16-23)9-7-5-8-19-29;/h11-12,15-16,22,24-25H,3-10,13-14,17-20,29H2,1-2H3,(H,30,33)(H,31,32);1H/t22-,24-,25?;. The zero-order chi connectivity index (χ0) is 25.5. The van der Waals surface area contributed by atoms with E-state index in [1.165, 1.54) is 12.7 Å². The van der Waals surface area contributed by atoms with Gasteiger partial charge >= 0.3 is 5.97 Å². The third kappa shape index (κ3) is 11.7. The van der Waals surface area contributed by atoms with E-state index in [-0.39, 0.29) is 36.2 Å². The van der Waals surface area contributed by atoms with E-state index in [2.05, 4.69) is 17.6 Å². The Morgan fingerprint density at radius 3 is 2.31 bits per heavy atom. The first-order chi connectivity index (χ1) is 17.0. The van der Waals surface area contributed by atoms with Crippen LogP contribution in [0.5, 0.6) is 0 Å². The summed E-state index contributed by atoms with van der Waals surface area (Å²) in [5.74, 6) is -0.180. The molecule has 1 aliphatic rings. The molecule has 1 aromatic rings. The minimum Gasteiger partial charge on any atom is -0.467 e. The van der Waals surface area contributed by atoms with Crippen molar-refractivity contribution in [3.8, 4) is 0 Å². The van der Waals surface area contributed by atoms with Gasteiger partial charge in [0.1, 0.15) is 6.04 Å². The number of halogens is 1. The molecule has 0 aliphatic heterocycles. The lowest BCUT2D eigenvalue weighted by atomic mass is 9.82. The van der Waals surface area contributed by atoms with E-state index in [0.29, 0.717) is 24.3 Å². The van der Waals surface area contributed by atoms with E-state index in [1.54, 1.807) is 0 Å². The number of unbranched alkanes of at least 4 members (excludes halogenated alkanes) is 4. The van der Waals surface area contributed by atoms with Crippen molar-refractivity contribution in [3.63, 3.8) is 0 Å². The first-order valence-electron chi connectivity index (χ1n) is 13.4. The molecular weight excluding hydrogens is 478 g/mol. The number of nitrogens with two attached hydrogens (primary N) is 1. The summed E-state index contributed by atoms with van der Waals surface area (Å²) in [6, 6.07) is 7.43. The molecule has 0 spiro atoms. The lowest BCUT2D eigenvalue weighted by Gasteiger charge is -2.31. The Labute approximate surface area is 223 Å². The molecule has 1 unspecified atom stereocenters. The van der Waals surface area contributed by atoms with Crippen molar-refractivity contribution < 1.29 is 19.1 Å². The molecule has 0 aromatic heterocycles. The van der Waals surface area contributed by atoms with Crippen LogP contribution in [0.2, 0.25) is 0 Å². The van der Waals surface area contributed by atoms with Gasteiger partial charge in [-0.15, -0.1) is 12.4 Å². The Morgan fingerprint density at radius 1 is 1.00 bits per heavy atom. The molecule has 8 heteroatoms. The number of carbonyl (C=O) groups excluding carboxylic acids is 3. The van der Waals surface area contributed by atoms with Crippen molar-refractivity contribution in [1.29, 1.82) is 0 Å². The minimum absolute atomic E-state index is 0. The van der Waals surface area contributed by atoms with Crippen molar-refractivity contribution in [1.82, 2.24) is 10.6 Å². The highest BCUT2D eigenvalue weighted by molar-refractivity contribution is 5.94. The molecule has 36 heavy (non-hydrogen) atoms. The number of hydrogen-bond donors (Lipinski definition) is 3. The second kappa shape index (κ2) is 18.2. The number of amides is 2. The largest absolute Gasteiger partial charge is 0.467 e. The zero-order valence-electron chi connectivity index (χ0n) is 22.1. The fraction of sp³-hybridized carbons (Fsp3) is 0.679. The molecule has 1 fully saturated rings. The highest BCUT2D eigenvalue weighted by Crippen LogP contribution is 2.28. The second-order valence-corrected chi connectivity index (χ2v) is 9.82. The van der Waals surface area contributed by atoms with Crippen molar-refractivity contribution in [3.05, 3.63) is 35.4 Å². The normalized spacial score (nSPS) is 18.0. The van der Waals surface area contributed by atoms with E-state index < -0.39 is 6.04 Å². The molecular formula is C28H46ClN3O4. The highest BCUT2D eigenvalue weighted by Gasteiger charge is 2.29. The van der Waals surface area contributed by atoms with Gasteiger partial charge in [0.15, 0.2) is 0 Å². The Bertz CT molecular complexity index is 780. The molecule has 2 rings (SSSR count). The molecule has 0 saturated heterocycles. The fourth-order valence-electron chi connectivity index (χ4n) is 4.78. The van der Waals surface area contributed by atoms with Gasteiger partial charge in [-0.1, -0.05) is 38.3 Å². The lowest BCUT2D eigenvalue weighted by molar-refractivity contribution is -0.145. The molecule has 1 atom stereocenters. The lowest BCUT2D eigenvalue weighted by Crippen LogP contribution is -2.44. The predicted molar refractivity (Wildman–Crippen MR) is 146 cm³/mol. The number of benzene rings is 1. The summed E-state index contributed by atoms with van der Waals surface area (Å²) in [6.07, 6.45) is 11.8. The van der Waals surface area contributed by atoms with Crippen molar-refractivity contribution >= 4 is 30.2 Å². The zero-order valence-corrected chi connectivity index (χ0v) is 22.9. The van der Waals surface area contributed by atoms with Gasteiger partial charge in [-0.3, -0.25) is 9.59 Å². The molecule has 2 amide bonds. The van der Waals surface area contributed by atoms with E-state index in [4.69, 9.17) is 10.5 Å². The SMILES string of the molecule is CCCCCC(=O)NC(C[C@H]1CC[C@H](NC(=O)c2ccc(CCCCCN)cc2)CC1)C(=O)OC.Cl. The number of ether oxygens (including phenoxy) is 1. The van der Waals surface area contributed by atoms with Gasteiger partial charge < -0.3 is 21.1 Å². The molecule has 0 radical (unpaired) electrons. The van der Waals surface area contributed by atoms with E-state index in [0.717, 1.165) is 77.2 Å². The smallest absolute Gasteiger partial charge is 0.328 e. The van der Waals surface area contributed by atoms with Crippen molar-refractivity contribution in [2.45, 2.75) is 102 Å². The average molecular weight is 524 g/mol. The van der Waals surface area contributed by atoms with Gasteiger partial charge in [0, 0.05) is 18.0 Å². The molecule has 0 bridgehead atoms. The second-order valence-electron chi connectivity index (χ2n) is 9.82. The Kier molecular flexibility index (Phi) is 16.1. The van der Waals surface area contributed by atoms with Crippen LogP contribution in [0, 0.1) is 5.92 Å². The molecule has 1 aliphatic carbocycles. The molecule has 7 nitrogen and oxygen atoms in total. The van der Waals surface area contributed by atoms with Crippen LogP contribution in [0.1, 0.15) is 99.9 Å². The maximum absolute atomic E-state index is 12.7. The van der Waals surface area contributed by atoms with E-state index >= 15 is 0 Å². The molecule has 0 heterocycles. The summed E-state index contributed by atoms with van der Waals surface area (Å²) in [5, 5.41) is 6.04.